The minimum absolute atomic E-state index is 0.278. The standard InChI is InChI=1S/C13H15BrO/c1-2-3-4-5-13(15)10-11-6-8-12(14)9-7-11/h1,6-9,13,15H,3-5,10H2. The molecular formula is C13H15BrO. The van der Waals surface area contributed by atoms with Crippen molar-refractivity contribution >= 4 is 15.9 Å². The Balaban J connectivity index is 2.34. The minimum atomic E-state index is -0.278. The molecule has 1 nitrogen and oxygen atoms in total. The first-order valence-electron chi connectivity index (χ1n) is 5.08. The van der Waals surface area contributed by atoms with Crippen molar-refractivity contribution in [1.82, 2.24) is 0 Å². The first kappa shape index (κ1) is 12.3. The molecule has 0 aromatic heterocycles. The molecule has 1 aromatic carbocycles. The second-order valence-electron chi connectivity index (χ2n) is 3.58. The van der Waals surface area contributed by atoms with Crippen LogP contribution in [0.3, 0.4) is 0 Å². The molecule has 1 rings (SSSR count). The molecule has 0 aliphatic carbocycles. The van der Waals surface area contributed by atoms with Gasteiger partial charge in [0.1, 0.15) is 0 Å². The molecule has 1 N–H and O–H groups in total. The van der Waals surface area contributed by atoms with Crippen LogP contribution in [0, 0.1) is 12.3 Å². The van der Waals surface area contributed by atoms with Crippen molar-refractivity contribution in [2.75, 3.05) is 0 Å². The second kappa shape index (κ2) is 6.66. The van der Waals surface area contributed by atoms with E-state index in [9.17, 15) is 5.11 Å². The van der Waals surface area contributed by atoms with Gasteiger partial charge in [0, 0.05) is 10.9 Å². The Kier molecular flexibility index (Phi) is 5.45. The van der Waals surface area contributed by atoms with Crippen molar-refractivity contribution in [3.63, 3.8) is 0 Å². The van der Waals surface area contributed by atoms with E-state index in [1.807, 2.05) is 24.3 Å². The molecule has 0 saturated carbocycles. The number of hydrogen-bond donors (Lipinski definition) is 1. The van der Waals surface area contributed by atoms with E-state index in [1.54, 1.807) is 0 Å². The zero-order valence-corrected chi connectivity index (χ0v) is 10.2. The van der Waals surface area contributed by atoms with Gasteiger partial charge in [-0.3, -0.25) is 0 Å². The molecule has 0 heterocycles. The highest BCUT2D eigenvalue weighted by molar-refractivity contribution is 9.10. The largest absolute Gasteiger partial charge is 0.393 e. The van der Waals surface area contributed by atoms with Gasteiger partial charge < -0.3 is 5.11 Å². The van der Waals surface area contributed by atoms with Gasteiger partial charge in [-0.15, -0.1) is 12.3 Å². The third-order valence-electron chi connectivity index (χ3n) is 2.24. The number of rotatable bonds is 5. The van der Waals surface area contributed by atoms with Crippen LogP contribution in [-0.4, -0.2) is 11.2 Å². The van der Waals surface area contributed by atoms with E-state index in [0.717, 1.165) is 29.3 Å². The topological polar surface area (TPSA) is 20.2 Å². The van der Waals surface area contributed by atoms with E-state index < -0.39 is 0 Å². The van der Waals surface area contributed by atoms with Crippen LogP contribution >= 0.6 is 15.9 Å². The van der Waals surface area contributed by atoms with Crippen LogP contribution in [-0.2, 0) is 6.42 Å². The average Bonchev–Trinajstić information content (AvgIpc) is 2.22. The summed E-state index contributed by atoms with van der Waals surface area (Å²) in [5.74, 6) is 2.58. The molecule has 0 aliphatic heterocycles. The average molecular weight is 267 g/mol. The number of aliphatic hydroxyl groups excluding tert-OH is 1. The Bertz CT molecular complexity index is 323. The van der Waals surface area contributed by atoms with Gasteiger partial charge in [0.25, 0.3) is 0 Å². The smallest absolute Gasteiger partial charge is 0.0580 e. The molecule has 0 radical (unpaired) electrons. The summed E-state index contributed by atoms with van der Waals surface area (Å²) in [7, 11) is 0. The van der Waals surface area contributed by atoms with Crippen LogP contribution in [0.1, 0.15) is 24.8 Å². The van der Waals surface area contributed by atoms with Gasteiger partial charge in [-0.05, 0) is 37.0 Å². The predicted molar refractivity (Wildman–Crippen MR) is 66.5 cm³/mol. The van der Waals surface area contributed by atoms with E-state index in [0.29, 0.717) is 6.42 Å². The first-order chi connectivity index (χ1) is 7.22. The predicted octanol–water partition coefficient (Wildman–Crippen LogP) is 3.16. The van der Waals surface area contributed by atoms with Crippen molar-refractivity contribution in [2.45, 2.75) is 31.8 Å². The zero-order valence-electron chi connectivity index (χ0n) is 8.62. The van der Waals surface area contributed by atoms with Crippen molar-refractivity contribution in [3.05, 3.63) is 34.3 Å². The third kappa shape index (κ3) is 5.01. The zero-order chi connectivity index (χ0) is 11.1. The summed E-state index contributed by atoms with van der Waals surface area (Å²) in [6, 6.07) is 8.02. The van der Waals surface area contributed by atoms with E-state index in [4.69, 9.17) is 6.42 Å². The first-order valence-corrected chi connectivity index (χ1v) is 5.87. The lowest BCUT2D eigenvalue weighted by Gasteiger charge is -2.09. The van der Waals surface area contributed by atoms with Gasteiger partial charge in [-0.25, -0.2) is 0 Å². The molecule has 80 valence electrons. The van der Waals surface area contributed by atoms with Gasteiger partial charge in [-0.1, -0.05) is 28.1 Å². The van der Waals surface area contributed by atoms with E-state index in [-0.39, 0.29) is 6.10 Å². The summed E-state index contributed by atoms with van der Waals surface area (Å²) in [6.45, 7) is 0. The van der Waals surface area contributed by atoms with Crippen LogP contribution in [0.5, 0.6) is 0 Å². The fraction of sp³-hybridized carbons (Fsp3) is 0.385. The quantitative estimate of drug-likeness (QED) is 0.641. The maximum absolute atomic E-state index is 9.72. The Morgan fingerprint density at radius 3 is 2.60 bits per heavy atom. The maximum atomic E-state index is 9.72. The lowest BCUT2D eigenvalue weighted by molar-refractivity contribution is 0.162. The second-order valence-corrected chi connectivity index (χ2v) is 4.50. The molecule has 1 unspecified atom stereocenters. The summed E-state index contributed by atoms with van der Waals surface area (Å²) in [6.07, 6.45) is 8.00. The molecule has 0 aliphatic rings. The summed E-state index contributed by atoms with van der Waals surface area (Å²) >= 11 is 3.38. The van der Waals surface area contributed by atoms with Crippen molar-refractivity contribution < 1.29 is 5.11 Å². The number of terminal acetylenes is 1. The van der Waals surface area contributed by atoms with Gasteiger partial charge in [-0.2, -0.15) is 0 Å². The minimum Gasteiger partial charge on any atom is -0.393 e. The molecular weight excluding hydrogens is 252 g/mol. The third-order valence-corrected chi connectivity index (χ3v) is 2.77. The van der Waals surface area contributed by atoms with E-state index in [1.165, 1.54) is 0 Å². The molecule has 0 spiro atoms. The summed E-state index contributed by atoms with van der Waals surface area (Å²) in [5, 5.41) is 9.72. The fourth-order valence-corrected chi connectivity index (χ4v) is 1.70. The highest BCUT2D eigenvalue weighted by Gasteiger charge is 2.04. The molecule has 1 atom stereocenters. The Hall–Kier alpha value is -0.780. The maximum Gasteiger partial charge on any atom is 0.0580 e. The Labute approximate surface area is 99.6 Å². The number of halogens is 1. The number of benzene rings is 1. The summed E-state index contributed by atoms with van der Waals surface area (Å²) in [4.78, 5) is 0. The molecule has 0 amide bonds. The SMILES string of the molecule is C#CCCCC(O)Cc1ccc(Br)cc1. The fourth-order valence-electron chi connectivity index (χ4n) is 1.43. The van der Waals surface area contributed by atoms with Gasteiger partial charge in [0.2, 0.25) is 0 Å². The number of aliphatic hydroxyl groups is 1. The molecule has 15 heavy (non-hydrogen) atoms. The van der Waals surface area contributed by atoms with E-state index >= 15 is 0 Å². The molecule has 0 bridgehead atoms. The van der Waals surface area contributed by atoms with Gasteiger partial charge >= 0.3 is 0 Å². The Morgan fingerprint density at radius 2 is 2.00 bits per heavy atom. The summed E-state index contributed by atoms with van der Waals surface area (Å²) in [5.41, 5.74) is 1.16. The lowest BCUT2D eigenvalue weighted by Crippen LogP contribution is -2.09. The molecule has 0 saturated heterocycles. The number of unbranched alkanes of at least 4 members (excludes halogenated alkanes) is 1. The molecule has 2 heteroatoms. The highest BCUT2D eigenvalue weighted by Crippen LogP contribution is 2.13. The van der Waals surface area contributed by atoms with Crippen LogP contribution in [0.15, 0.2) is 28.7 Å². The van der Waals surface area contributed by atoms with E-state index in [2.05, 4.69) is 21.9 Å². The van der Waals surface area contributed by atoms with Crippen molar-refractivity contribution in [2.24, 2.45) is 0 Å². The summed E-state index contributed by atoms with van der Waals surface area (Å²) < 4.78 is 1.06. The van der Waals surface area contributed by atoms with Crippen LogP contribution < -0.4 is 0 Å². The van der Waals surface area contributed by atoms with Gasteiger partial charge in [0.05, 0.1) is 6.10 Å². The highest BCUT2D eigenvalue weighted by atomic mass is 79.9. The lowest BCUT2D eigenvalue weighted by atomic mass is 10.0. The van der Waals surface area contributed by atoms with Crippen molar-refractivity contribution in [1.29, 1.82) is 0 Å². The normalized spacial score (nSPS) is 12.1. The molecule has 1 aromatic rings. The number of hydrogen-bond acceptors (Lipinski definition) is 1. The molecule has 0 fully saturated rings. The van der Waals surface area contributed by atoms with Crippen LogP contribution in [0.2, 0.25) is 0 Å². The van der Waals surface area contributed by atoms with Crippen LogP contribution in [0.4, 0.5) is 0 Å². The van der Waals surface area contributed by atoms with Gasteiger partial charge in [0.15, 0.2) is 0 Å². The van der Waals surface area contributed by atoms with Crippen molar-refractivity contribution in [3.8, 4) is 12.3 Å². The van der Waals surface area contributed by atoms with Crippen LogP contribution in [0.25, 0.3) is 0 Å². The Morgan fingerprint density at radius 1 is 1.33 bits per heavy atom. The monoisotopic (exact) mass is 266 g/mol.